The number of hydrogen-bond acceptors (Lipinski definition) is 3. The summed E-state index contributed by atoms with van der Waals surface area (Å²) in [5.74, 6) is 0.0812. The molecule has 2 aromatic carbocycles. The zero-order valence-electron chi connectivity index (χ0n) is 11.3. The molecule has 0 fully saturated rings. The number of primary amides is 1. The van der Waals surface area contributed by atoms with Crippen molar-refractivity contribution in [1.29, 1.82) is 0 Å². The predicted molar refractivity (Wildman–Crippen MR) is 86.6 cm³/mol. The van der Waals surface area contributed by atoms with Gasteiger partial charge in [0.25, 0.3) is 0 Å². The fourth-order valence-corrected chi connectivity index (χ4v) is 1.97. The summed E-state index contributed by atoms with van der Waals surface area (Å²) in [6, 6.07) is 11.3. The van der Waals surface area contributed by atoms with Gasteiger partial charge in [-0.3, -0.25) is 0 Å². The molecule has 0 aromatic heterocycles. The van der Waals surface area contributed by atoms with Gasteiger partial charge in [-0.2, -0.15) is 10.1 Å². The molecule has 108 valence electrons. The standard InChI is InChI=1S/C15H14BrN3O2/c1-10-8-12(6-7-13(10)16)19(15(17)21)18-9-11-4-2-3-5-14(11)20/h2-9,20H,1H3,(H2,17,21). The van der Waals surface area contributed by atoms with E-state index in [-0.39, 0.29) is 5.75 Å². The van der Waals surface area contributed by atoms with Crippen LogP contribution in [0.25, 0.3) is 0 Å². The van der Waals surface area contributed by atoms with Crippen molar-refractivity contribution >= 4 is 33.9 Å². The highest BCUT2D eigenvalue weighted by molar-refractivity contribution is 9.10. The lowest BCUT2D eigenvalue weighted by Gasteiger charge is -2.15. The number of nitrogens with two attached hydrogens (primary N) is 1. The van der Waals surface area contributed by atoms with Crippen LogP contribution < -0.4 is 10.7 Å². The Bertz CT molecular complexity index is 701. The molecule has 0 heterocycles. The number of amides is 2. The van der Waals surface area contributed by atoms with Gasteiger partial charge in [-0.25, -0.2) is 4.79 Å². The normalized spacial score (nSPS) is 10.8. The van der Waals surface area contributed by atoms with Crippen LogP contribution in [0, 0.1) is 6.92 Å². The molecule has 0 aliphatic rings. The van der Waals surface area contributed by atoms with Gasteiger partial charge < -0.3 is 10.8 Å². The van der Waals surface area contributed by atoms with Crippen molar-refractivity contribution in [2.24, 2.45) is 10.8 Å². The number of urea groups is 1. The number of phenols is 1. The first-order valence-corrected chi connectivity index (χ1v) is 6.96. The Hall–Kier alpha value is -2.34. The topological polar surface area (TPSA) is 78.9 Å². The number of carbonyl (C=O) groups excluding carboxylic acids is 1. The molecule has 2 rings (SSSR count). The van der Waals surface area contributed by atoms with Gasteiger partial charge in [-0.1, -0.05) is 28.1 Å². The lowest BCUT2D eigenvalue weighted by molar-refractivity contribution is 0.254. The highest BCUT2D eigenvalue weighted by atomic mass is 79.9. The first-order chi connectivity index (χ1) is 9.99. The van der Waals surface area contributed by atoms with Crippen molar-refractivity contribution in [3.63, 3.8) is 0 Å². The van der Waals surface area contributed by atoms with Gasteiger partial charge in [-0.05, 0) is 42.8 Å². The van der Waals surface area contributed by atoms with E-state index in [0.717, 1.165) is 15.0 Å². The number of hydrazone groups is 1. The fourth-order valence-electron chi connectivity index (χ4n) is 1.73. The molecule has 2 aromatic rings. The predicted octanol–water partition coefficient (Wildman–Crippen LogP) is 3.38. The van der Waals surface area contributed by atoms with Gasteiger partial charge in [0.2, 0.25) is 0 Å². The van der Waals surface area contributed by atoms with Crippen LogP contribution in [0.2, 0.25) is 0 Å². The van der Waals surface area contributed by atoms with E-state index < -0.39 is 6.03 Å². The van der Waals surface area contributed by atoms with Crippen LogP contribution in [-0.4, -0.2) is 17.4 Å². The minimum Gasteiger partial charge on any atom is -0.507 e. The molecule has 2 amide bonds. The van der Waals surface area contributed by atoms with Crippen LogP contribution in [0.3, 0.4) is 0 Å². The minimum atomic E-state index is -0.705. The second-order valence-electron chi connectivity index (χ2n) is 4.39. The minimum absolute atomic E-state index is 0.0812. The van der Waals surface area contributed by atoms with E-state index in [4.69, 9.17) is 5.73 Å². The highest BCUT2D eigenvalue weighted by Gasteiger charge is 2.12. The van der Waals surface area contributed by atoms with Crippen LogP contribution in [0.15, 0.2) is 52.0 Å². The molecule has 3 N–H and O–H groups in total. The van der Waals surface area contributed by atoms with Crippen LogP contribution >= 0.6 is 15.9 Å². The number of aryl methyl sites for hydroxylation is 1. The highest BCUT2D eigenvalue weighted by Crippen LogP contribution is 2.23. The Morgan fingerprint density at radius 1 is 1.33 bits per heavy atom. The van der Waals surface area contributed by atoms with Crippen molar-refractivity contribution in [1.82, 2.24) is 0 Å². The first kappa shape index (κ1) is 15.1. The van der Waals surface area contributed by atoms with Crippen LogP contribution in [0.4, 0.5) is 10.5 Å². The molecular formula is C15H14BrN3O2. The number of phenolic OH excluding ortho intramolecular Hbond substituents is 1. The van der Waals surface area contributed by atoms with Crippen molar-refractivity contribution in [2.75, 3.05) is 5.01 Å². The van der Waals surface area contributed by atoms with E-state index in [1.54, 1.807) is 36.4 Å². The Labute approximate surface area is 130 Å². The maximum Gasteiger partial charge on any atom is 0.340 e. The molecule has 0 aliphatic carbocycles. The first-order valence-electron chi connectivity index (χ1n) is 6.16. The molecule has 0 radical (unpaired) electrons. The van der Waals surface area contributed by atoms with E-state index in [2.05, 4.69) is 21.0 Å². The lowest BCUT2D eigenvalue weighted by atomic mass is 10.2. The van der Waals surface area contributed by atoms with Crippen molar-refractivity contribution in [2.45, 2.75) is 6.92 Å². The Morgan fingerprint density at radius 2 is 2.05 bits per heavy atom. The fraction of sp³-hybridized carbons (Fsp3) is 0.0667. The van der Waals surface area contributed by atoms with E-state index in [0.29, 0.717) is 11.3 Å². The van der Waals surface area contributed by atoms with Crippen molar-refractivity contribution in [3.8, 4) is 5.75 Å². The van der Waals surface area contributed by atoms with Crippen molar-refractivity contribution in [3.05, 3.63) is 58.1 Å². The molecule has 0 spiro atoms. The third kappa shape index (κ3) is 3.61. The summed E-state index contributed by atoms with van der Waals surface area (Å²) in [5, 5.41) is 14.8. The molecule has 0 bridgehead atoms. The van der Waals surface area contributed by atoms with Gasteiger partial charge in [0.05, 0.1) is 11.9 Å². The average Bonchev–Trinajstić information content (AvgIpc) is 2.44. The zero-order chi connectivity index (χ0) is 15.4. The Balaban J connectivity index is 2.34. The number of nitrogens with zero attached hydrogens (tertiary/aromatic N) is 2. The summed E-state index contributed by atoms with van der Waals surface area (Å²) in [6.45, 7) is 1.90. The number of halogens is 1. The van der Waals surface area contributed by atoms with Gasteiger partial charge in [-0.15, -0.1) is 0 Å². The molecular weight excluding hydrogens is 334 g/mol. The number of para-hydroxylation sites is 1. The van der Waals surface area contributed by atoms with E-state index in [1.165, 1.54) is 6.21 Å². The largest absolute Gasteiger partial charge is 0.507 e. The third-order valence-electron chi connectivity index (χ3n) is 2.84. The number of anilines is 1. The van der Waals surface area contributed by atoms with Gasteiger partial charge in [0.15, 0.2) is 0 Å². The summed E-state index contributed by atoms with van der Waals surface area (Å²) >= 11 is 3.39. The molecule has 5 nitrogen and oxygen atoms in total. The zero-order valence-corrected chi connectivity index (χ0v) is 12.9. The maximum atomic E-state index is 11.6. The Kier molecular flexibility index (Phi) is 4.59. The smallest absolute Gasteiger partial charge is 0.340 e. The summed E-state index contributed by atoms with van der Waals surface area (Å²) in [4.78, 5) is 11.6. The van der Waals surface area contributed by atoms with Crippen LogP contribution in [-0.2, 0) is 0 Å². The van der Waals surface area contributed by atoms with Gasteiger partial charge in [0.1, 0.15) is 5.75 Å². The van der Waals surface area contributed by atoms with Gasteiger partial charge >= 0.3 is 6.03 Å². The summed E-state index contributed by atoms with van der Waals surface area (Å²) in [5.41, 5.74) is 7.36. The molecule has 21 heavy (non-hydrogen) atoms. The SMILES string of the molecule is Cc1cc(N(N=Cc2ccccc2O)C(N)=O)ccc1Br. The molecule has 0 atom stereocenters. The third-order valence-corrected chi connectivity index (χ3v) is 3.73. The number of aromatic hydroxyl groups is 1. The maximum absolute atomic E-state index is 11.6. The van der Waals surface area contributed by atoms with Crippen molar-refractivity contribution < 1.29 is 9.90 Å². The monoisotopic (exact) mass is 347 g/mol. The van der Waals surface area contributed by atoms with Gasteiger partial charge in [0, 0.05) is 10.0 Å². The molecule has 0 unspecified atom stereocenters. The summed E-state index contributed by atoms with van der Waals surface area (Å²) in [7, 11) is 0. The van der Waals surface area contributed by atoms with E-state index in [9.17, 15) is 9.90 Å². The van der Waals surface area contributed by atoms with E-state index in [1.807, 2.05) is 13.0 Å². The Morgan fingerprint density at radius 3 is 2.67 bits per heavy atom. The second kappa shape index (κ2) is 6.41. The summed E-state index contributed by atoms with van der Waals surface area (Å²) < 4.78 is 0.931. The van der Waals surface area contributed by atoms with Crippen LogP contribution in [0.1, 0.15) is 11.1 Å². The molecule has 6 heteroatoms. The second-order valence-corrected chi connectivity index (χ2v) is 5.24. The quantitative estimate of drug-likeness (QED) is 0.659. The van der Waals surface area contributed by atoms with E-state index >= 15 is 0 Å². The number of carbonyl (C=O) groups is 1. The molecule has 0 saturated carbocycles. The lowest BCUT2D eigenvalue weighted by Crippen LogP contribution is -2.31. The molecule has 0 aliphatic heterocycles. The summed E-state index contributed by atoms with van der Waals surface area (Å²) in [6.07, 6.45) is 1.39. The average molecular weight is 348 g/mol. The number of rotatable bonds is 3. The molecule has 0 saturated heterocycles. The number of benzene rings is 2. The number of hydrogen-bond donors (Lipinski definition) is 2. The van der Waals surface area contributed by atoms with Crippen LogP contribution in [0.5, 0.6) is 5.75 Å².